The maximum Gasteiger partial charge on any atom is 0.306 e. The van der Waals surface area contributed by atoms with Gasteiger partial charge in [-0.1, -0.05) is 134 Å². The van der Waals surface area contributed by atoms with Crippen LogP contribution in [0.3, 0.4) is 0 Å². The Kier molecular flexibility index (Phi) is 21.2. The lowest BCUT2D eigenvalue weighted by molar-refractivity contribution is -0.144. The molecule has 0 saturated carbocycles. The van der Waals surface area contributed by atoms with Crippen molar-refractivity contribution < 1.29 is 44.0 Å². The van der Waals surface area contributed by atoms with Crippen LogP contribution in [0, 0.1) is 0 Å². The van der Waals surface area contributed by atoms with Crippen molar-refractivity contribution in [1.82, 2.24) is 14.7 Å². The molecule has 15 rings (SSSR count). The van der Waals surface area contributed by atoms with Gasteiger partial charge in [-0.3, -0.25) is 47.9 Å². The first-order chi connectivity index (χ1) is 48.7. The van der Waals surface area contributed by atoms with Crippen LogP contribution in [0.4, 0.5) is 21.5 Å². The summed E-state index contributed by atoms with van der Waals surface area (Å²) in [5.74, 6) is -0.773. The molecule has 100 heavy (non-hydrogen) atoms. The predicted octanol–water partition coefficient (Wildman–Crippen LogP) is 14.9. The maximum absolute atomic E-state index is 13.8. The number of likely N-dealkylation sites (tertiary alicyclic amines) is 3. The number of carbonyl (C=O) groups excluding carboxylic acids is 6. The zero-order valence-electron chi connectivity index (χ0n) is 61.4. The second kappa shape index (κ2) is 30.0. The van der Waals surface area contributed by atoms with Gasteiger partial charge in [-0.25, -0.2) is 0 Å². The Morgan fingerprint density at radius 3 is 1.17 bits per heavy atom. The number of halogens is 1. The lowest BCUT2D eigenvalue weighted by atomic mass is 9.75. The van der Waals surface area contributed by atoms with Gasteiger partial charge >= 0.3 is 11.9 Å². The molecule has 530 valence electrons. The van der Waals surface area contributed by atoms with Crippen LogP contribution in [-0.2, 0) is 85.0 Å². The van der Waals surface area contributed by atoms with Crippen LogP contribution in [0.5, 0.6) is 0 Å². The van der Waals surface area contributed by atoms with E-state index in [1.54, 1.807) is 0 Å². The third kappa shape index (κ3) is 13.2. The van der Waals surface area contributed by atoms with E-state index in [1.165, 1.54) is 105 Å². The van der Waals surface area contributed by atoms with Gasteiger partial charge in [0.05, 0.1) is 52.3 Å². The molecule has 3 fully saturated rings. The molecule has 6 heterocycles. The number of alkyl halides is 1. The first-order valence-corrected chi connectivity index (χ1v) is 37.0. The highest BCUT2D eigenvalue weighted by Crippen LogP contribution is 2.51. The first kappa shape index (κ1) is 70.6. The average Bonchev–Trinajstić information content (AvgIpc) is 1.66. The molecule has 15 heteroatoms. The molecule has 0 aromatic heterocycles. The first-order valence-electron chi connectivity index (χ1n) is 37.7. The van der Waals surface area contributed by atoms with Crippen molar-refractivity contribution in [2.45, 2.75) is 215 Å². The van der Waals surface area contributed by atoms with Crippen molar-refractivity contribution in [3.8, 4) is 0 Å². The van der Waals surface area contributed by atoms with Gasteiger partial charge < -0.3 is 24.2 Å². The molecule has 3 saturated heterocycles. The van der Waals surface area contributed by atoms with E-state index in [2.05, 4.69) is 114 Å². The molecule has 6 aromatic rings. The number of carbonyl (C=O) groups is 6. The van der Waals surface area contributed by atoms with Crippen molar-refractivity contribution in [2.24, 2.45) is 0 Å². The van der Waals surface area contributed by atoms with Gasteiger partial charge in [0.1, 0.15) is 5.78 Å². The molecule has 6 aromatic carbocycles. The predicted molar refractivity (Wildman–Crippen MR) is 393 cm³/mol. The number of Topliss-reactive ketones (excluding diaryl/α,β-unsaturated/α-hetero) is 1. The van der Waals surface area contributed by atoms with Crippen LogP contribution >= 0.6 is 0 Å². The number of methoxy groups -OCH3 is 2. The molecule has 9 aliphatic rings. The molecule has 0 spiro atoms. The average molecular weight is 1360 g/mol. The number of ether oxygens (including phenoxy) is 2. The number of anilines is 3. The van der Waals surface area contributed by atoms with Crippen molar-refractivity contribution in [1.29, 1.82) is 0 Å². The Morgan fingerprint density at radius 1 is 0.460 bits per heavy atom. The quantitative estimate of drug-likeness (QED) is 0.102. The summed E-state index contributed by atoms with van der Waals surface area (Å²) in [6.45, 7) is 18.8. The van der Waals surface area contributed by atoms with Crippen LogP contribution in [0.25, 0.3) is 0 Å². The summed E-state index contributed by atoms with van der Waals surface area (Å²) in [4.78, 5) is 91.5. The van der Waals surface area contributed by atoms with Gasteiger partial charge in [-0.2, -0.15) is 0 Å². The number of hydrogen-bond acceptors (Lipinski definition) is 11. The van der Waals surface area contributed by atoms with Crippen LogP contribution in [0.2, 0.25) is 0 Å². The lowest BCUT2D eigenvalue weighted by Gasteiger charge is -2.49. The summed E-state index contributed by atoms with van der Waals surface area (Å²) < 4.78 is 25.3. The van der Waals surface area contributed by atoms with Gasteiger partial charge in [0, 0.05) is 104 Å². The van der Waals surface area contributed by atoms with E-state index in [0.717, 1.165) is 112 Å². The third-order valence-electron chi connectivity index (χ3n) is 25.0. The van der Waals surface area contributed by atoms with Crippen LogP contribution in [-0.4, -0.2) is 129 Å². The molecular weight excluding hydrogens is 1250 g/mol. The fraction of sp³-hybridized carbons (Fsp3) is 0.506. The number of esters is 2. The number of aryl methyl sites for hydroxylation is 3. The molecule has 6 atom stereocenters. The number of amides is 3. The highest BCUT2D eigenvalue weighted by atomic mass is 19.1. The monoisotopic (exact) mass is 1360 g/mol. The number of fused-ring (bicyclic) bond motifs is 6. The molecule has 3 amide bonds. The van der Waals surface area contributed by atoms with E-state index in [4.69, 9.17) is 10.8 Å². The van der Waals surface area contributed by atoms with Gasteiger partial charge in [0.2, 0.25) is 17.7 Å². The Bertz CT molecular complexity index is 3840. The standard InChI is InChI=1S/C29H36N2O2.C28H34N2O3.C27H32N2O3.CH3F/c1-4-23(32)20-28(2)25-13-7-8-14-26(25)31(27(28)33)22-15-18-30(19-16-22)29(3)17-9-11-21-10-5-6-12-24(21)29;1-27(19-25(31)33-3)23-12-6-7-13-24(23)30(26(27)32)21-14-17-29(18-15-21)28(2)16-8-10-20-9-4-5-11-22(20)28;1-27(15-7-9-19-8-3-5-11-23(19)27)28-16-13-20(14-17-28)29-24-12-6-4-10-21(24)22(26(29)31)18-25(30)32-2;1-2/h5-8,10,12-14,22H,4,9,11,15-20H2,1-3H3;4-7,9,11-13,21H,8,10,14-19H2,1-3H3;3-6,8,10-12,20,22H,7,9,13-18H2,1-2H3;1H3/i;;;1D. The zero-order chi connectivity index (χ0) is 71.4. The van der Waals surface area contributed by atoms with E-state index in [9.17, 15) is 33.2 Å². The fourth-order valence-corrected chi connectivity index (χ4v) is 19.4. The Hall–Kier alpha value is -7.85. The molecule has 0 radical (unpaired) electrons. The summed E-state index contributed by atoms with van der Waals surface area (Å²) in [5.41, 5.74) is 13.4. The third-order valence-corrected chi connectivity index (χ3v) is 25.0. The van der Waals surface area contributed by atoms with E-state index in [0.29, 0.717) is 12.8 Å². The number of nitrogens with zero attached hydrogens (tertiary/aromatic N) is 6. The Balaban J connectivity index is 0.000000140. The molecular formula is C85H105FN6O8. The molecule has 0 N–H and O–H groups in total. The topological polar surface area (TPSA) is 140 Å². The fourth-order valence-electron chi connectivity index (χ4n) is 19.4. The summed E-state index contributed by atoms with van der Waals surface area (Å²) >= 11 is 0. The van der Waals surface area contributed by atoms with E-state index in [-0.39, 0.29) is 83.0 Å². The van der Waals surface area contributed by atoms with E-state index >= 15 is 0 Å². The van der Waals surface area contributed by atoms with Gasteiger partial charge in [0.15, 0.2) is 0 Å². The van der Waals surface area contributed by atoms with Crippen molar-refractivity contribution in [3.63, 3.8) is 0 Å². The van der Waals surface area contributed by atoms with Gasteiger partial charge in [0.25, 0.3) is 0 Å². The number of para-hydroxylation sites is 3. The van der Waals surface area contributed by atoms with Crippen molar-refractivity contribution >= 4 is 52.5 Å². The minimum atomic E-state index is -1.00. The Morgan fingerprint density at radius 2 is 0.790 bits per heavy atom. The summed E-state index contributed by atoms with van der Waals surface area (Å²) in [5, 5.41) is 0. The number of piperidine rings is 3. The maximum atomic E-state index is 13.8. The van der Waals surface area contributed by atoms with Crippen LogP contribution in [0.1, 0.15) is 202 Å². The van der Waals surface area contributed by atoms with Gasteiger partial charge in [-0.15, -0.1) is 0 Å². The largest absolute Gasteiger partial charge is 0.469 e. The molecule has 6 unspecified atom stereocenters. The van der Waals surface area contributed by atoms with E-state index in [1.807, 2.05) is 102 Å². The summed E-state index contributed by atoms with van der Waals surface area (Å²) in [7, 11) is 1.76. The van der Waals surface area contributed by atoms with E-state index < -0.39 is 23.9 Å². The molecule has 6 aliphatic heterocycles. The molecule has 0 bridgehead atoms. The highest BCUT2D eigenvalue weighted by molar-refractivity contribution is 6.11. The number of benzene rings is 6. The second-order valence-corrected chi connectivity index (χ2v) is 30.5. The number of rotatable bonds is 13. The van der Waals surface area contributed by atoms with Crippen LogP contribution in [0.15, 0.2) is 146 Å². The second-order valence-electron chi connectivity index (χ2n) is 30.5. The van der Waals surface area contributed by atoms with Crippen molar-refractivity contribution in [3.05, 3.63) is 196 Å². The minimum absolute atomic E-state index is 0.0294. The highest BCUT2D eigenvalue weighted by Gasteiger charge is 2.54. The Labute approximate surface area is 594 Å². The number of hydrogen-bond donors (Lipinski definition) is 0. The number of ketones is 1. The molecule has 3 aliphatic carbocycles. The molecule has 14 nitrogen and oxygen atoms in total. The zero-order valence-corrected chi connectivity index (χ0v) is 60.4. The summed E-state index contributed by atoms with van der Waals surface area (Å²) in [6, 6.07) is 51.3. The summed E-state index contributed by atoms with van der Waals surface area (Å²) in [6.07, 6.45) is 17.4. The van der Waals surface area contributed by atoms with Gasteiger partial charge in [-0.05, 0) is 199 Å². The smallest absolute Gasteiger partial charge is 0.306 e. The lowest BCUT2D eigenvalue weighted by Crippen LogP contribution is -2.54. The normalized spacial score (nSPS) is 26.9. The van der Waals surface area contributed by atoms with Crippen molar-refractivity contribution in [2.75, 3.05) is 75.3 Å². The SMILES string of the molecule is CCC(=O)CC1(C)C(=O)N(C2CCN(C3(C)CCCc4ccccc43)CC2)c2ccccc21.COC(=O)CC1(C)C(=O)N(C2CCN(C3(C)CCCc4ccccc43)CC2)c2ccccc21.COC(=O)CC1C(=O)N(C2CCN(C3(C)CCCc4ccccc43)CC2)c2ccccc21.[2H]CF. The minimum Gasteiger partial charge on any atom is -0.469 e. The van der Waals surface area contributed by atoms with Crippen LogP contribution < -0.4 is 14.7 Å².